The maximum atomic E-state index is 13.0. The minimum absolute atomic E-state index is 0.0666. The molecule has 36 heavy (non-hydrogen) atoms. The number of carbonyl (C=O) groups is 2. The molecule has 0 bridgehead atoms. The van der Waals surface area contributed by atoms with Gasteiger partial charge in [-0.15, -0.1) is 11.8 Å². The first-order valence-electron chi connectivity index (χ1n) is 12.1. The van der Waals surface area contributed by atoms with Crippen LogP contribution in [0, 0.1) is 6.92 Å². The van der Waals surface area contributed by atoms with Crippen LogP contribution >= 0.6 is 11.8 Å². The summed E-state index contributed by atoms with van der Waals surface area (Å²) in [7, 11) is -4.02. The number of aryl methyl sites for hydroxylation is 1. The van der Waals surface area contributed by atoms with Crippen LogP contribution in [0.15, 0.2) is 59.5 Å². The molecule has 1 aliphatic carbocycles. The largest absolute Gasteiger partial charge is 0.459 e. The summed E-state index contributed by atoms with van der Waals surface area (Å²) in [5.41, 5.74) is 7.91. The third kappa shape index (κ3) is 5.61. The van der Waals surface area contributed by atoms with Crippen LogP contribution in [0.2, 0.25) is 0 Å². The van der Waals surface area contributed by atoms with Crippen molar-refractivity contribution < 1.29 is 27.3 Å². The number of hydrogen-bond acceptors (Lipinski definition) is 7. The lowest BCUT2D eigenvalue weighted by Gasteiger charge is -2.42. The van der Waals surface area contributed by atoms with Gasteiger partial charge in [0.2, 0.25) is 5.91 Å². The van der Waals surface area contributed by atoms with Gasteiger partial charge in [-0.2, -0.15) is 8.42 Å². The Morgan fingerprint density at radius 1 is 1.08 bits per heavy atom. The molecular weight excluding hydrogens is 500 g/mol. The van der Waals surface area contributed by atoms with Crippen LogP contribution in [0.4, 0.5) is 0 Å². The normalized spacial score (nSPS) is 24.7. The first-order chi connectivity index (χ1) is 17.1. The van der Waals surface area contributed by atoms with E-state index in [-0.39, 0.29) is 33.5 Å². The second-order valence-corrected chi connectivity index (χ2v) is 12.5. The number of benzene rings is 2. The van der Waals surface area contributed by atoms with Crippen LogP contribution in [0.3, 0.4) is 0 Å². The number of hydrogen-bond donors (Lipinski definition) is 2. The zero-order valence-corrected chi connectivity index (χ0v) is 21.8. The summed E-state index contributed by atoms with van der Waals surface area (Å²) < 4.78 is 35.0. The molecule has 2 saturated heterocycles. The standard InChI is InChI=1S/C19H24N2O3S.C7H8O3S/c20-14-16(22)21-15(18(23)24-12-13-8-4-3-5-9-13)19(25-17(14)21)10-6-1-2-7-11-19;1-6-2-4-7(5-3-6)11(8,9)10/h3-5,8-9,14-15,17H,1-2,6-7,10-12,20H2;2-5H,1H3,(H,8,9,10)/t14?,15?,17-;/m1./s1. The van der Waals surface area contributed by atoms with Crippen LogP contribution in [-0.4, -0.2) is 52.0 Å². The van der Waals surface area contributed by atoms with Crippen LogP contribution < -0.4 is 5.73 Å². The fraction of sp³-hybridized carbons (Fsp3) is 0.462. The summed E-state index contributed by atoms with van der Waals surface area (Å²) in [5, 5.41) is -0.0696. The summed E-state index contributed by atoms with van der Waals surface area (Å²) in [6, 6.07) is 14.7. The summed E-state index contributed by atoms with van der Waals surface area (Å²) in [6.45, 7) is 2.09. The SMILES string of the molecule is Cc1ccc(S(=O)(=O)O)cc1.NC1C(=O)N2C(C(=O)OCc3ccccc3)C3(CCCCCC3)S[C@H]12. The number of ether oxygens (including phenoxy) is 1. The van der Waals surface area contributed by atoms with E-state index in [0.717, 1.165) is 36.8 Å². The number of fused-ring (bicyclic) bond motifs is 1. The Balaban J connectivity index is 0.000000233. The second-order valence-electron chi connectivity index (χ2n) is 9.54. The highest BCUT2D eigenvalue weighted by Gasteiger charge is 2.65. The Bertz CT molecular complexity index is 1180. The molecule has 194 valence electrons. The Kier molecular flexibility index (Phi) is 8.09. The Morgan fingerprint density at radius 2 is 1.69 bits per heavy atom. The van der Waals surface area contributed by atoms with E-state index in [4.69, 9.17) is 15.0 Å². The Labute approximate surface area is 216 Å². The van der Waals surface area contributed by atoms with E-state index in [1.165, 1.54) is 25.0 Å². The topological polar surface area (TPSA) is 127 Å². The number of esters is 1. The molecule has 0 aromatic heterocycles. The average Bonchev–Trinajstić information content (AvgIpc) is 2.97. The molecule has 3 aliphatic rings. The first kappa shape index (κ1) is 26.7. The highest BCUT2D eigenvalue weighted by Crippen LogP contribution is 2.56. The van der Waals surface area contributed by atoms with E-state index in [0.29, 0.717) is 0 Å². The van der Waals surface area contributed by atoms with Crippen molar-refractivity contribution in [3.8, 4) is 0 Å². The van der Waals surface area contributed by atoms with Crippen LogP contribution in [0.5, 0.6) is 0 Å². The zero-order chi connectivity index (χ0) is 25.9. The van der Waals surface area contributed by atoms with Gasteiger partial charge >= 0.3 is 5.97 Å². The van der Waals surface area contributed by atoms with Crippen LogP contribution in [0.1, 0.15) is 49.7 Å². The van der Waals surface area contributed by atoms with Gasteiger partial charge in [-0.1, -0.05) is 73.7 Å². The monoisotopic (exact) mass is 532 g/mol. The molecule has 2 aromatic rings. The summed E-state index contributed by atoms with van der Waals surface area (Å²) in [5.74, 6) is -0.388. The van der Waals surface area contributed by atoms with Gasteiger partial charge in [0.05, 0.1) is 4.90 Å². The number of nitrogens with zero attached hydrogens (tertiary/aromatic N) is 1. The fourth-order valence-corrected chi connectivity index (χ4v) is 7.46. The number of nitrogens with two attached hydrogens (primary N) is 1. The quantitative estimate of drug-likeness (QED) is 0.347. The molecule has 2 heterocycles. The molecule has 3 atom stereocenters. The molecule has 10 heteroatoms. The van der Waals surface area contributed by atoms with Gasteiger partial charge in [0.25, 0.3) is 10.1 Å². The highest BCUT2D eigenvalue weighted by molar-refractivity contribution is 8.01. The van der Waals surface area contributed by atoms with Crippen LogP contribution in [0.25, 0.3) is 0 Å². The van der Waals surface area contributed by atoms with E-state index >= 15 is 0 Å². The number of rotatable bonds is 4. The van der Waals surface area contributed by atoms with Crippen molar-refractivity contribution >= 4 is 33.8 Å². The summed E-state index contributed by atoms with van der Waals surface area (Å²) in [6.07, 6.45) is 6.49. The van der Waals surface area contributed by atoms with E-state index in [1.54, 1.807) is 28.8 Å². The van der Waals surface area contributed by atoms with Gasteiger partial charge in [0, 0.05) is 4.75 Å². The Morgan fingerprint density at radius 3 is 2.28 bits per heavy atom. The lowest BCUT2D eigenvalue weighted by molar-refractivity contribution is -0.164. The van der Waals surface area contributed by atoms with E-state index in [1.807, 2.05) is 37.3 Å². The van der Waals surface area contributed by atoms with Crippen molar-refractivity contribution in [3.05, 3.63) is 65.7 Å². The van der Waals surface area contributed by atoms with Crippen LogP contribution in [-0.2, 0) is 31.1 Å². The van der Waals surface area contributed by atoms with Crippen molar-refractivity contribution in [1.82, 2.24) is 4.90 Å². The average molecular weight is 533 g/mol. The molecule has 2 unspecified atom stereocenters. The number of β-lactam (4-membered cyclic amide) rings is 1. The van der Waals surface area contributed by atoms with Gasteiger partial charge in [-0.05, 0) is 37.5 Å². The van der Waals surface area contributed by atoms with E-state index in [2.05, 4.69) is 0 Å². The molecule has 8 nitrogen and oxygen atoms in total. The summed E-state index contributed by atoms with van der Waals surface area (Å²) >= 11 is 1.75. The maximum absolute atomic E-state index is 13.0. The predicted molar refractivity (Wildman–Crippen MR) is 138 cm³/mol. The highest BCUT2D eigenvalue weighted by atomic mass is 32.2. The number of thioether (sulfide) groups is 1. The molecule has 2 aliphatic heterocycles. The molecule has 3 fully saturated rings. The lowest BCUT2D eigenvalue weighted by Crippen LogP contribution is -2.69. The minimum atomic E-state index is -4.02. The number of amides is 1. The third-order valence-electron chi connectivity index (χ3n) is 6.97. The van der Waals surface area contributed by atoms with Gasteiger partial charge in [0.15, 0.2) is 0 Å². The zero-order valence-electron chi connectivity index (χ0n) is 20.2. The lowest BCUT2D eigenvalue weighted by atomic mass is 9.87. The molecule has 3 N–H and O–H groups in total. The smallest absolute Gasteiger partial charge is 0.330 e. The molecule has 0 radical (unpaired) electrons. The van der Waals surface area contributed by atoms with Gasteiger partial charge in [-0.25, -0.2) is 4.79 Å². The third-order valence-corrected chi connectivity index (χ3v) is 9.70. The molecule has 5 rings (SSSR count). The molecule has 1 amide bonds. The van der Waals surface area contributed by atoms with Crippen molar-refractivity contribution in [2.24, 2.45) is 5.73 Å². The van der Waals surface area contributed by atoms with Gasteiger partial charge in [0.1, 0.15) is 24.1 Å². The van der Waals surface area contributed by atoms with Gasteiger partial charge in [-0.3, -0.25) is 9.35 Å². The van der Waals surface area contributed by atoms with E-state index in [9.17, 15) is 18.0 Å². The van der Waals surface area contributed by atoms with Crippen molar-refractivity contribution in [2.45, 2.75) is 79.2 Å². The summed E-state index contributed by atoms with van der Waals surface area (Å²) in [4.78, 5) is 26.9. The van der Waals surface area contributed by atoms with Crippen molar-refractivity contribution in [2.75, 3.05) is 0 Å². The maximum Gasteiger partial charge on any atom is 0.330 e. The van der Waals surface area contributed by atoms with Crippen molar-refractivity contribution in [3.63, 3.8) is 0 Å². The molecule has 2 aromatic carbocycles. The van der Waals surface area contributed by atoms with Crippen molar-refractivity contribution in [1.29, 1.82) is 0 Å². The Hall–Kier alpha value is -2.40. The molecule has 1 saturated carbocycles. The second kappa shape index (κ2) is 10.9. The van der Waals surface area contributed by atoms with E-state index < -0.39 is 22.2 Å². The fourth-order valence-electron chi connectivity index (χ4n) is 5.04. The molecular formula is C26H32N2O6S2. The first-order valence-corrected chi connectivity index (χ1v) is 14.4. The minimum Gasteiger partial charge on any atom is -0.459 e. The predicted octanol–water partition coefficient (Wildman–Crippen LogP) is 3.68. The molecule has 1 spiro atoms. The van der Waals surface area contributed by atoms with Gasteiger partial charge < -0.3 is 15.4 Å². The number of carbonyl (C=O) groups excluding carboxylic acids is 2.